The van der Waals surface area contributed by atoms with E-state index in [9.17, 15) is 23.2 Å². The summed E-state index contributed by atoms with van der Waals surface area (Å²) in [6, 6.07) is 1.50. The fourth-order valence-corrected chi connectivity index (χ4v) is 2.73. The SMILES string of the molecule is COC(=O)[C@H](NC(=O)c1ccc(F)cc1F)[C@@H]1CCCC(=O)C1. The van der Waals surface area contributed by atoms with Gasteiger partial charge in [0.25, 0.3) is 5.91 Å². The van der Waals surface area contributed by atoms with E-state index in [-0.39, 0.29) is 17.8 Å². The molecule has 124 valence electrons. The number of ketones is 1. The number of Topliss-reactive ketones (excluding diaryl/α,β-unsaturated/α-hetero) is 1. The van der Waals surface area contributed by atoms with E-state index in [1.165, 1.54) is 7.11 Å². The summed E-state index contributed by atoms with van der Waals surface area (Å²) in [5, 5.41) is 2.41. The number of carbonyl (C=O) groups is 3. The molecule has 5 nitrogen and oxygen atoms in total. The summed E-state index contributed by atoms with van der Waals surface area (Å²) in [4.78, 5) is 35.7. The van der Waals surface area contributed by atoms with Crippen molar-refractivity contribution in [1.82, 2.24) is 5.32 Å². The van der Waals surface area contributed by atoms with Gasteiger partial charge in [-0.15, -0.1) is 0 Å². The van der Waals surface area contributed by atoms with Crippen LogP contribution < -0.4 is 5.32 Å². The van der Waals surface area contributed by atoms with Gasteiger partial charge in [0.05, 0.1) is 12.7 Å². The fourth-order valence-electron chi connectivity index (χ4n) is 2.73. The second kappa shape index (κ2) is 7.30. The lowest BCUT2D eigenvalue weighted by Gasteiger charge is -2.28. The van der Waals surface area contributed by atoms with Crippen LogP contribution in [0.3, 0.4) is 0 Å². The predicted octanol–water partition coefficient (Wildman–Crippen LogP) is 2.00. The van der Waals surface area contributed by atoms with Crippen LogP contribution in [0.25, 0.3) is 0 Å². The number of hydrogen-bond donors (Lipinski definition) is 1. The van der Waals surface area contributed by atoms with Crippen LogP contribution >= 0.6 is 0 Å². The molecule has 0 bridgehead atoms. The Balaban J connectivity index is 2.18. The van der Waals surface area contributed by atoms with Gasteiger partial charge in [-0.1, -0.05) is 0 Å². The van der Waals surface area contributed by atoms with E-state index in [0.717, 1.165) is 12.1 Å². The standard InChI is InChI=1S/C16H17F2NO4/c1-23-16(22)14(9-3-2-4-11(20)7-9)19-15(21)12-6-5-10(17)8-13(12)18/h5-6,8-9,14H,2-4,7H2,1H3,(H,19,21)/t9-,14-/m1/s1. The molecule has 0 aromatic heterocycles. The monoisotopic (exact) mass is 325 g/mol. The Morgan fingerprint density at radius 3 is 2.70 bits per heavy atom. The third-order valence-corrected chi connectivity index (χ3v) is 3.91. The van der Waals surface area contributed by atoms with Crippen LogP contribution in [0, 0.1) is 17.6 Å². The molecule has 1 N–H and O–H groups in total. The van der Waals surface area contributed by atoms with Gasteiger partial charge in [0.1, 0.15) is 23.5 Å². The first kappa shape index (κ1) is 17.1. The van der Waals surface area contributed by atoms with Crippen LogP contribution in [0.5, 0.6) is 0 Å². The minimum Gasteiger partial charge on any atom is -0.467 e. The lowest BCUT2D eigenvalue weighted by Crippen LogP contribution is -2.48. The highest BCUT2D eigenvalue weighted by Crippen LogP contribution is 2.25. The average Bonchev–Trinajstić information content (AvgIpc) is 2.51. The summed E-state index contributed by atoms with van der Waals surface area (Å²) in [6.07, 6.45) is 1.81. The Hall–Kier alpha value is -2.31. The maximum atomic E-state index is 13.7. The number of ether oxygens (including phenoxy) is 1. The van der Waals surface area contributed by atoms with Crippen molar-refractivity contribution in [1.29, 1.82) is 0 Å². The van der Waals surface area contributed by atoms with E-state index in [1.54, 1.807) is 0 Å². The van der Waals surface area contributed by atoms with Gasteiger partial charge in [0, 0.05) is 18.9 Å². The number of methoxy groups -OCH3 is 1. The van der Waals surface area contributed by atoms with Crippen molar-refractivity contribution < 1.29 is 27.9 Å². The number of hydrogen-bond acceptors (Lipinski definition) is 4. The Morgan fingerprint density at radius 1 is 1.35 bits per heavy atom. The lowest BCUT2D eigenvalue weighted by molar-refractivity contribution is -0.145. The van der Waals surface area contributed by atoms with Gasteiger partial charge < -0.3 is 10.1 Å². The topological polar surface area (TPSA) is 72.5 Å². The van der Waals surface area contributed by atoms with Crippen molar-refractivity contribution in [3.05, 3.63) is 35.4 Å². The quantitative estimate of drug-likeness (QED) is 0.860. The molecular weight excluding hydrogens is 308 g/mol. The molecule has 1 amide bonds. The molecule has 2 atom stereocenters. The van der Waals surface area contributed by atoms with Crippen LogP contribution in [0.1, 0.15) is 36.0 Å². The molecular formula is C16H17F2NO4. The number of rotatable bonds is 4. The Labute approximate surface area is 132 Å². The van der Waals surface area contributed by atoms with Crippen molar-refractivity contribution in [2.24, 2.45) is 5.92 Å². The van der Waals surface area contributed by atoms with Crippen LogP contribution in [0.4, 0.5) is 8.78 Å². The molecule has 0 spiro atoms. The molecule has 1 aliphatic rings. The first-order valence-corrected chi connectivity index (χ1v) is 7.28. The fraction of sp³-hybridized carbons (Fsp3) is 0.438. The molecule has 2 rings (SSSR count). The zero-order valence-corrected chi connectivity index (χ0v) is 12.6. The first-order chi connectivity index (χ1) is 10.9. The molecule has 0 radical (unpaired) electrons. The molecule has 0 aliphatic heterocycles. The third kappa shape index (κ3) is 4.12. The van der Waals surface area contributed by atoms with Crippen LogP contribution in [-0.2, 0) is 14.3 Å². The molecule has 1 saturated carbocycles. The van der Waals surface area contributed by atoms with E-state index in [4.69, 9.17) is 0 Å². The zero-order chi connectivity index (χ0) is 17.0. The number of carbonyl (C=O) groups excluding carboxylic acids is 3. The van der Waals surface area contributed by atoms with Crippen molar-refractivity contribution in [3.63, 3.8) is 0 Å². The lowest BCUT2D eigenvalue weighted by atomic mass is 9.83. The zero-order valence-electron chi connectivity index (χ0n) is 12.6. The molecule has 0 unspecified atom stereocenters. The smallest absolute Gasteiger partial charge is 0.328 e. The predicted molar refractivity (Wildman–Crippen MR) is 76.6 cm³/mol. The van der Waals surface area contributed by atoms with Crippen molar-refractivity contribution in [2.75, 3.05) is 7.11 Å². The van der Waals surface area contributed by atoms with Crippen molar-refractivity contribution >= 4 is 17.7 Å². The molecule has 23 heavy (non-hydrogen) atoms. The second-order valence-electron chi connectivity index (χ2n) is 5.49. The average molecular weight is 325 g/mol. The maximum absolute atomic E-state index is 13.7. The molecule has 1 fully saturated rings. The van der Waals surface area contributed by atoms with Gasteiger partial charge in [-0.2, -0.15) is 0 Å². The number of esters is 1. The molecule has 1 aromatic carbocycles. The summed E-state index contributed by atoms with van der Waals surface area (Å²) < 4.78 is 31.2. The normalized spacial score (nSPS) is 19.1. The number of halogens is 2. The summed E-state index contributed by atoms with van der Waals surface area (Å²) in [6.45, 7) is 0. The summed E-state index contributed by atoms with van der Waals surface area (Å²) >= 11 is 0. The molecule has 7 heteroatoms. The highest BCUT2D eigenvalue weighted by atomic mass is 19.1. The van der Waals surface area contributed by atoms with Gasteiger partial charge >= 0.3 is 5.97 Å². The van der Waals surface area contributed by atoms with Crippen LogP contribution in [-0.4, -0.2) is 30.8 Å². The van der Waals surface area contributed by atoms with Gasteiger partial charge in [0.2, 0.25) is 0 Å². The number of benzene rings is 1. The van der Waals surface area contributed by atoms with E-state index >= 15 is 0 Å². The first-order valence-electron chi connectivity index (χ1n) is 7.28. The highest BCUT2D eigenvalue weighted by Gasteiger charge is 2.34. The number of amides is 1. The number of nitrogens with one attached hydrogen (secondary N) is 1. The Morgan fingerprint density at radius 2 is 2.09 bits per heavy atom. The van der Waals surface area contributed by atoms with E-state index in [2.05, 4.69) is 10.1 Å². The molecule has 0 heterocycles. The van der Waals surface area contributed by atoms with Gasteiger partial charge in [0.15, 0.2) is 0 Å². The maximum Gasteiger partial charge on any atom is 0.328 e. The van der Waals surface area contributed by atoms with E-state index in [0.29, 0.717) is 25.3 Å². The van der Waals surface area contributed by atoms with Gasteiger partial charge in [-0.05, 0) is 30.9 Å². The van der Waals surface area contributed by atoms with Crippen molar-refractivity contribution in [3.8, 4) is 0 Å². The van der Waals surface area contributed by atoms with E-state index < -0.39 is 35.5 Å². The summed E-state index contributed by atoms with van der Waals surface area (Å²) in [5.41, 5.74) is -0.373. The third-order valence-electron chi connectivity index (χ3n) is 3.91. The minimum atomic E-state index is -1.04. The molecule has 1 aromatic rings. The highest BCUT2D eigenvalue weighted by molar-refractivity contribution is 5.97. The largest absolute Gasteiger partial charge is 0.467 e. The van der Waals surface area contributed by atoms with Crippen LogP contribution in [0.2, 0.25) is 0 Å². The van der Waals surface area contributed by atoms with Gasteiger partial charge in [-0.25, -0.2) is 13.6 Å². The van der Waals surface area contributed by atoms with Gasteiger partial charge in [-0.3, -0.25) is 9.59 Å². The Kier molecular flexibility index (Phi) is 5.41. The molecule has 0 saturated heterocycles. The van der Waals surface area contributed by atoms with Crippen molar-refractivity contribution in [2.45, 2.75) is 31.7 Å². The summed E-state index contributed by atoms with van der Waals surface area (Å²) in [7, 11) is 1.17. The second-order valence-corrected chi connectivity index (χ2v) is 5.49. The van der Waals surface area contributed by atoms with Crippen LogP contribution in [0.15, 0.2) is 18.2 Å². The molecule has 1 aliphatic carbocycles. The summed E-state index contributed by atoms with van der Waals surface area (Å²) in [5.74, 6) is -3.75. The minimum absolute atomic E-state index is 0.0114. The Bertz CT molecular complexity index is 633. The van der Waals surface area contributed by atoms with E-state index in [1.807, 2.05) is 0 Å².